The van der Waals surface area contributed by atoms with E-state index >= 15 is 0 Å². The SMILES string of the molecule is Cc1ccc(Oc2ccc(Nc3ncnc4sc5c(c34)C[C@@H](C)C3CCNC3[C@@H]5C)cc2C)cn1. The molecule has 35 heavy (non-hydrogen) atoms. The summed E-state index contributed by atoms with van der Waals surface area (Å²) in [5, 5.41) is 8.57. The van der Waals surface area contributed by atoms with Gasteiger partial charge in [-0.2, -0.15) is 0 Å². The molecule has 1 aliphatic heterocycles. The van der Waals surface area contributed by atoms with Crippen LogP contribution in [0, 0.1) is 25.7 Å². The van der Waals surface area contributed by atoms with Gasteiger partial charge in [-0.05, 0) is 86.5 Å². The molecule has 3 aromatic heterocycles. The van der Waals surface area contributed by atoms with Gasteiger partial charge in [0.1, 0.15) is 28.5 Å². The Kier molecular flexibility index (Phi) is 5.69. The zero-order valence-corrected chi connectivity index (χ0v) is 21.4. The quantitative estimate of drug-likeness (QED) is 0.343. The fourth-order valence-corrected chi connectivity index (χ4v) is 7.13. The number of nitrogens with zero attached hydrogens (tertiary/aromatic N) is 3. The van der Waals surface area contributed by atoms with Crippen LogP contribution in [0.1, 0.15) is 47.9 Å². The lowest BCUT2D eigenvalue weighted by Gasteiger charge is -2.26. The Hall–Kier alpha value is -3.03. The van der Waals surface area contributed by atoms with Crippen molar-refractivity contribution in [1.82, 2.24) is 20.3 Å². The number of aromatic nitrogens is 3. The predicted octanol–water partition coefficient (Wildman–Crippen LogP) is 6.51. The van der Waals surface area contributed by atoms with E-state index in [0.29, 0.717) is 17.9 Å². The maximum absolute atomic E-state index is 6.06. The average molecular weight is 486 g/mol. The van der Waals surface area contributed by atoms with Crippen molar-refractivity contribution in [2.24, 2.45) is 11.8 Å². The molecule has 2 N–H and O–H groups in total. The van der Waals surface area contributed by atoms with Gasteiger partial charge in [0.15, 0.2) is 0 Å². The van der Waals surface area contributed by atoms with Crippen LogP contribution in [0.25, 0.3) is 10.2 Å². The largest absolute Gasteiger partial charge is 0.455 e. The molecule has 2 aliphatic rings. The van der Waals surface area contributed by atoms with E-state index < -0.39 is 0 Å². The van der Waals surface area contributed by atoms with Crippen molar-refractivity contribution in [3.63, 3.8) is 0 Å². The maximum Gasteiger partial charge on any atom is 0.145 e. The van der Waals surface area contributed by atoms with E-state index in [0.717, 1.165) is 58.0 Å². The van der Waals surface area contributed by atoms with E-state index in [9.17, 15) is 0 Å². The number of anilines is 2. The van der Waals surface area contributed by atoms with E-state index in [-0.39, 0.29) is 0 Å². The number of pyridine rings is 1. The van der Waals surface area contributed by atoms with Gasteiger partial charge >= 0.3 is 0 Å². The van der Waals surface area contributed by atoms with Crippen molar-refractivity contribution >= 4 is 33.1 Å². The van der Waals surface area contributed by atoms with Crippen molar-refractivity contribution in [2.45, 2.75) is 52.5 Å². The van der Waals surface area contributed by atoms with Gasteiger partial charge in [0.05, 0.1) is 11.6 Å². The molecule has 1 aromatic carbocycles. The highest BCUT2D eigenvalue weighted by Crippen LogP contribution is 2.47. The smallest absolute Gasteiger partial charge is 0.145 e. The van der Waals surface area contributed by atoms with E-state index in [1.807, 2.05) is 42.5 Å². The molecule has 4 aromatic rings. The van der Waals surface area contributed by atoms with Gasteiger partial charge in [0, 0.05) is 28.2 Å². The van der Waals surface area contributed by atoms with Gasteiger partial charge < -0.3 is 15.4 Å². The molecular weight excluding hydrogens is 454 g/mol. The van der Waals surface area contributed by atoms with Crippen LogP contribution >= 0.6 is 11.3 Å². The van der Waals surface area contributed by atoms with Gasteiger partial charge in [-0.3, -0.25) is 4.98 Å². The monoisotopic (exact) mass is 485 g/mol. The van der Waals surface area contributed by atoms with E-state index in [2.05, 4.69) is 47.4 Å². The fourth-order valence-electron chi connectivity index (χ4n) is 5.86. The molecular formula is C28H31N5OS. The minimum Gasteiger partial charge on any atom is -0.455 e. The highest BCUT2D eigenvalue weighted by Gasteiger charge is 2.40. The van der Waals surface area contributed by atoms with Gasteiger partial charge in [-0.25, -0.2) is 9.97 Å². The Bertz CT molecular complexity index is 1380. The molecule has 0 spiro atoms. The fraction of sp³-hybridized carbons (Fsp3) is 0.393. The third kappa shape index (κ3) is 4.06. The lowest BCUT2D eigenvalue weighted by Crippen LogP contribution is -2.33. The van der Waals surface area contributed by atoms with Crippen LogP contribution in [0.5, 0.6) is 11.5 Å². The molecule has 1 saturated heterocycles. The second-order valence-electron chi connectivity index (χ2n) is 10.1. The van der Waals surface area contributed by atoms with Crippen LogP contribution in [0.3, 0.4) is 0 Å². The summed E-state index contributed by atoms with van der Waals surface area (Å²) in [5.74, 6) is 4.31. The molecule has 2 unspecified atom stereocenters. The van der Waals surface area contributed by atoms with Crippen LogP contribution in [0.15, 0.2) is 42.9 Å². The summed E-state index contributed by atoms with van der Waals surface area (Å²) in [7, 11) is 0. The van der Waals surface area contributed by atoms with Crippen LogP contribution in [-0.2, 0) is 6.42 Å². The predicted molar refractivity (Wildman–Crippen MR) is 142 cm³/mol. The first-order valence-corrected chi connectivity index (χ1v) is 13.3. The number of aryl methyl sites for hydroxylation is 2. The van der Waals surface area contributed by atoms with E-state index in [1.54, 1.807) is 12.5 Å². The summed E-state index contributed by atoms with van der Waals surface area (Å²) in [4.78, 5) is 16.2. The average Bonchev–Trinajstić information content (AvgIpc) is 3.46. The Morgan fingerprint density at radius 2 is 1.97 bits per heavy atom. The molecule has 0 radical (unpaired) electrons. The molecule has 1 aliphatic carbocycles. The molecule has 7 heteroatoms. The molecule has 0 amide bonds. The van der Waals surface area contributed by atoms with Gasteiger partial charge in [0.2, 0.25) is 0 Å². The van der Waals surface area contributed by atoms with Gasteiger partial charge in [-0.15, -0.1) is 11.3 Å². The zero-order valence-electron chi connectivity index (χ0n) is 20.6. The summed E-state index contributed by atoms with van der Waals surface area (Å²) in [6.07, 6.45) is 5.80. The van der Waals surface area contributed by atoms with Crippen molar-refractivity contribution in [3.8, 4) is 11.5 Å². The number of nitrogens with one attached hydrogen (secondary N) is 2. The summed E-state index contributed by atoms with van der Waals surface area (Å²) in [6, 6.07) is 10.6. The number of fused-ring (bicyclic) bond motifs is 4. The summed E-state index contributed by atoms with van der Waals surface area (Å²) in [6.45, 7) is 9.96. The zero-order chi connectivity index (χ0) is 24.1. The van der Waals surface area contributed by atoms with Crippen LogP contribution in [0.4, 0.5) is 11.5 Å². The Balaban J connectivity index is 1.32. The second kappa shape index (κ2) is 8.88. The van der Waals surface area contributed by atoms with E-state index in [1.165, 1.54) is 22.2 Å². The number of hydrogen-bond donors (Lipinski definition) is 2. The molecule has 6 nitrogen and oxygen atoms in total. The minimum atomic E-state index is 0.490. The third-order valence-electron chi connectivity index (χ3n) is 7.70. The molecule has 4 heterocycles. The Morgan fingerprint density at radius 3 is 2.77 bits per heavy atom. The topological polar surface area (TPSA) is 72.0 Å². The number of benzene rings is 1. The molecule has 0 bridgehead atoms. The second-order valence-corrected chi connectivity index (χ2v) is 11.1. The van der Waals surface area contributed by atoms with Crippen molar-refractivity contribution in [2.75, 3.05) is 11.9 Å². The highest BCUT2D eigenvalue weighted by atomic mass is 32.1. The van der Waals surface area contributed by atoms with Crippen LogP contribution in [-0.4, -0.2) is 27.5 Å². The summed E-state index contributed by atoms with van der Waals surface area (Å²) < 4.78 is 6.06. The number of thiophene rings is 1. The number of rotatable bonds is 4. The standard InChI is InChI=1S/C28H31N5OS/c1-15-12-22-24-27(31-14-32-28(24)35-26(22)18(4)25-21(15)9-10-29-25)33-19-6-8-23(16(2)11-19)34-20-7-5-17(3)30-13-20/h5-8,11,13-15,18,21,25,29H,9-10,12H2,1-4H3,(H,31,32,33)/t15-,18+,21?,25?/m1/s1. The van der Waals surface area contributed by atoms with Crippen LogP contribution < -0.4 is 15.4 Å². The molecule has 6 rings (SSSR count). The third-order valence-corrected chi connectivity index (χ3v) is 9.04. The molecule has 4 atom stereocenters. The lowest BCUT2D eigenvalue weighted by molar-refractivity contribution is 0.308. The lowest BCUT2D eigenvalue weighted by atomic mass is 9.83. The Labute approximate surface area is 210 Å². The first-order chi connectivity index (χ1) is 17.0. The minimum absolute atomic E-state index is 0.490. The first-order valence-electron chi connectivity index (χ1n) is 12.5. The summed E-state index contributed by atoms with van der Waals surface area (Å²) in [5.41, 5.74) is 4.45. The maximum atomic E-state index is 6.06. The molecule has 180 valence electrons. The number of ether oxygens (including phenoxy) is 1. The van der Waals surface area contributed by atoms with Crippen molar-refractivity contribution < 1.29 is 4.74 Å². The van der Waals surface area contributed by atoms with Crippen molar-refractivity contribution in [3.05, 3.63) is 64.6 Å². The molecule has 1 fully saturated rings. The highest BCUT2D eigenvalue weighted by molar-refractivity contribution is 7.19. The normalized spacial score (nSPS) is 23.5. The first kappa shape index (κ1) is 22.4. The van der Waals surface area contributed by atoms with Gasteiger partial charge in [-0.1, -0.05) is 13.8 Å². The Morgan fingerprint density at radius 1 is 1.09 bits per heavy atom. The van der Waals surface area contributed by atoms with Gasteiger partial charge in [0.25, 0.3) is 0 Å². The molecule has 0 saturated carbocycles. The van der Waals surface area contributed by atoms with Crippen LogP contribution in [0.2, 0.25) is 0 Å². The van der Waals surface area contributed by atoms with E-state index in [4.69, 9.17) is 9.72 Å². The van der Waals surface area contributed by atoms with Crippen molar-refractivity contribution in [1.29, 1.82) is 0 Å². The number of hydrogen-bond acceptors (Lipinski definition) is 7. The summed E-state index contributed by atoms with van der Waals surface area (Å²) >= 11 is 1.85.